The molecule has 1 aromatic heterocycles. The summed E-state index contributed by atoms with van der Waals surface area (Å²) in [6.07, 6.45) is 0. The zero-order valence-corrected chi connectivity index (χ0v) is 15.6. The second-order valence-electron chi connectivity index (χ2n) is 5.48. The average Bonchev–Trinajstić information content (AvgIpc) is 3.04. The number of aryl methyl sites for hydroxylation is 1. The lowest BCUT2D eigenvalue weighted by Gasteiger charge is -2.18. The molecule has 1 aromatic carbocycles. The number of fused-ring (bicyclic) bond motifs is 1. The van der Waals surface area contributed by atoms with Gasteiger partial charge in [0.05, 0.1) is 22.1 Å². The van der Waals surface area contributed by atoms with Gasteiger partial charge in [-0.25, -0.2) is 4.98 Å². The van der Waals surface area contributed by atoms with Gasteiger partial charge in [-0.15, -0.1) is 23.1 Å². The summed E-state index contributed by atoms with van der Waals surface area (Å²) in [7, 11) is 0. The summed E-state index contributed by atoms with van der Waals surface area (Å²) in [5.41, 5.74) is 1.71. The number of ketones is 1. The lowest BCUT2D eigenvalue weighted by Crippen LogP contribution is -2.25. The van der Waals surface area contributed by atoms with Gasteiger partial charge in [0.2, 0.25) is 0 Å². The van der Waals surface area contributed by atoms with E-state index in [0.29, 0.717) is 22.8 Å². The van der Waals surface area contributed by atoms with Crippen molar-refractivity contribution < 1.29 is 23.9 Å². The van der Waals surface area contributed by atoms with E-state index in [1.807, 2.05) is 12.3 Å². The number of benzene rings is 1. The maximum atomic E-state index is 12.2. The van der Waals surface area contributed by atoms with Crippen molar-refractivity contribution in [2.75, 3.05) is 24.3 Å². The first kappa shape index (κ1) is 18.4. The molecule has 2 heterocycles. The minimum absolute atomic E-state index is 0.0456. The monoisotopic (exact) mass is 392 g/mol. The third-order valence-electron chi connectivity index (χ3n) is 3.44. The molecule has 7 nitrogen and oxygen atoms in total. The number of ether oxygens (including phenoxy) is 2. The van der Waals surface area contributed by atoms with Crippen LogP contribution in [0.1, 0.15) is 21.1 Å². The number of thiazole rings is 1. The van der Waals surface area contributed by atoms with Crippen LogP contribution in [0.15, 0.2) is 23.6 Å². The molecule has 0 bridgehead atoms. The predicted octanol–water partition coefficient (Wildman–Crippen LogP) is 2.44. The third kappa shape index (κ3) is 4.83. The molecule has 3 rings (SSSR count). The van der Waals surface area contributed by atoms with E-state index in [-0.39, 0.29) is 30.7 Å². The van der Waals surface area contributed by atoms with Crippen molar-refractivity contribution in [1.29, 1.82) is 0 Å². The van der Waals surface area contributed by atoms with Gasteiger partial charge in [0.15, 0.2) is 19.0 Å². The number of hydrogen-bond donors (Lipinski definition) is 1. The number of rotatable bonds is 7. The maximum Gasteiger partial charge on any atom is 0.316 e. The first-order chi connectivity index (χ1) is 12.5. The Hall–Kier alpha value is -2.39. The van der Waals surface area contributed by atoms with E-state index >= 15 is 0 Å². The molecule has 1 N–H and O–H groups in total. The van der Waals surface area contributed by atoms with Crippen LogP contribution in [0.5, 0.6) is 5.75 Å². The molecule has 1 aliphatic heterocycles. The lowest BCUT2D eigenvalue weighted by atomic mass is 10.1. The average molecular weight is 392 g/mol. The molecule has 0 fully saturated rings. The van der Waals surface area contributed by atoms with Gasteiger partial charge in [-0.05, 0) is 25.1 Å². The highest BCUT2D eigenvalue weighted by Gasteiger charge is 2.18. The summed E-state index contributed by atoms with van der Waals surface area (Å²) >= 11 is 2.95. The van der Waals surface area contributed by atoms with Crippen molar-refractivity contribution in [3.05, 3.63) is 39.8 Å². The molecule has 9 heteroatoms. The Labute approximate surface area is 158 Å². The van der Waals surface area contributed by atoms with E-state index in [1.165, 1.54) is 17.8 Å². The summed E-state index contributed by atoms with van der Waals surface area (Å²) in [5.74, 6) is 0.203. The molecule has 2 aromatic rings. The van der Waals surface area contributed by atoms with Crippen LogP contribution in [0.4, 0.5) is 5.69 Å². The third-order valence-corrected chi connectivity index (χ3v) is 5.20. The van der Waals surface area contributed by atoms with Gasteiger partial charge in [-0.3, -0.25) is 14.4 Å². The minimum Gasteiger partial charge on any atom is -0.482 e. The van der Waals surface area contributed by atoms with E-state index in [2.05, 4.69) is 10.3 Å². The fraction of sp³-hybridized carbons (Fsp3) is 0.294. The minimum atomic E-state index is -0.454. The molecule has 136 valence electrons. The molecule has 0 aliphatic carbocycles. The summed E-state index contributed by atoms with van der Waals surface area (Å²) in [6, 6.07) is 4.70. The van der Waals surface area contributed by atoms with Gasteiger partial charge in [0.1, 0.15) is 5.75 Å². The van der Waals surface area contributed by atoms with Gasteiger partial charge >= 0.3 is 5.97 Å². The van der Waals surface area contributed by atoms with Crippen LogP contribution in [-0.4, -0.2) is 41.6 Å². The van der Waals surface area contributed by atoms with Crippen LogP contribution in [-0.2, 0) is 20.1 Å². The molecule has 0 atom stereocenters. The van der Waals surface area contributed by atoms with E-state index in [9.17, 15) is 14.4 Å². The number of aromatic nitrogens is 1. The molecule has 1 aliphatic rings. The van der Waals surface area contributed by atoms with Crippen LogP contribution >= 0.6 is 23.1 Å². The summed E-state index contributed by atoms with van der Waals surface area (Å²) < 4.78 is 10.3. The first-order valence-electron chi connectivity index (χ1n) is 7.75. The standard InChI is InChI=1S/C17H16N2O5S2/c1-10-18-12(8-26-10)7-25-9-17(22)24-5-14(20)11-2-3-15-13(4-11)19-16(21)6-23-15/h2-4,8H,5-7,9H2,1H3,(H,19,21). The summed E-state index contributed by atoms with van der Waals surface area (Å²) in [6.45, 7) is 1.54. The number of carbonyl (C=O) groups excluding carboxylic acids is 3. The molecular weight excluding hydrogens is 376 g/mol. The normalized spacial score (nSPS) is 12.7. The fourth-order valence-electron chi connectivity index (χ4n) is 2.24. The SMILES string of the molecule is Cc1nc(CSCC(=O)OCC(=O)c2ccc3c(c2)NC(=O)CO3)cs1. The molecule has 0 saturated carbocycles. The number of amides is 1. The number of nitrogens with one attached hydrogen (secondary N) is 1. The van der Waals surface area contributed by atoms with Gasteiger partial charge < -0.3 is 14.8 Å². The quantitative estimate of drug-likeness (QED) is 0.571. The van der Waals surface area contributed by atoms with E-state index < -0.39 is 5.97 Å². The van der Waals surface area contributed by atoms with Crippen molar-refractivity contribution in [3.63, 3.8) is 0 Å². The zero-order chi connectivity index (χ0) is 18.5. The Kier molecular flexibility index (Phi) is 5.89. The van der Waals surface area contributed by atoms with Crippen molar-refractivity contribution in [1.82, 2.24) is 4.98 Å². The van der Waals surface area contributed by atoms with E-state index in [1.54, 1.807) is 23.5 Å². The molecule has 0 unspecified atom stereocenters. The molecule has 0 radical (unpaired) electrons. The summed E-state index contributed by atoms with van der Waals surface area (Å²) in [5, 5.41) is 5.57. The van der Waals surface area contributed by atoms with E-state index in [0.717, 1.165) is 10.7 Å². The number of Topliss-reactive ketones (excluding diaryl/α,β-unsaturated/α-hetero) is 1. The largest absolute Gasteiger partial charge is 0.482 e. The molecule has 0 saturated heterocycles. The second kappa shape index (κ2) is 8.33. The highest BCUT2D eigenvalue weighted by Crippen LogP contribution is 2.28. The number of carbonyl (C=O) groups is 3. The van der Waals surface area contributed by atoms with Crippen LogP contribution in [0.25, 0.3) is 0 Å². The van der Waals surface area contributed by atoms with Gasteiger partial charge in [-0.1, -0.05) is 0 Å². The Bertz CT molecular complexity index is 849. The Morgan fingerprint density at radius 2 is 2.27 bits per heavy atom. The van der Waals surface area contributed by atoms with Crippen LogP contribution < -0.4 is 10.1 Å². The Morgan fingerprint density at radius 1 is 1.42 bits per heavy atom. The highest BCUT2D eigenvalue weighted by molar-refractivity contribution is 7.99. The number of hydrogen-bond acceptors (Lipinski definition) is 8. The first-order valence-corrected chi connectivity index (χ1v) is 9.79. The molecule has 0 spiro atoms. The topological polar surface area (TPSA) is 94.6 Å². The van der Waals surface area contributed by atoms with Crippen molar-refractivity contribution >= 4 is 46.4 Å². The fourth-order valence-corrected chi connectivity index (χ4v) is 3.67. The summed E-state index contributed by atoms with van der Waals surface area (Å²) in [4.78, 5) is 39.6. The molecule has 26 heavy (non-hydrogen) atoms. The Morgan fingerprint density at radius 3 is 3.04 bits per heavy atom. The lowest BCUT2D eigenvalue weighted by molar-refractivity contribution is -0.139. The highest BCUT2D eigenvalue weighted by atomic mass is 32.2. The number of esters is 1. The van der Waals surface area contributed by atoms with Crippen molar-refractivity contribution in [3.8, 4) is 5.75 Å². The smallest absolute Gasteiger partial charge is 0.316 e. The van der Waals surface area contributed by atoms with Gasteiger partial charge in [-0.2, -0.15) is 0 Å². The van der Waals surface area contributed by atoms with Gasteiger partial charge in [0, 0.05) is 16.7 Å². The van der Waals surface area contributed by atoms with Crippen LogP contribution in [0, 0.1) is 6.92 Å². The van der Waals surface area contributed by atoms with Crippen molar-refractivity contribution in [2.24, 2.45) is 0 Å². The molecular formula is C17H16N2O5S2. The van der Waals surface area contributed by atoms with Crippen LogP contribution in [0.3, 0.4) is 0 Å². The van der Waals surface area contributed by atoms with E-state index in [4.69, 9.17) is 9.47 Å². The Balaban J connectivity index is 1.45. The second-order valence-corrected chi connectivity index (χ2v) is 7.53. The zero-order valence-electron chi connectivity index (χ0n) is 13.9. The number of anilines is 1. The number of nitrogens with zero attached hydrogens (tertiary/aromatic N) is 1. The van der Waals surface area contributed by atoms with Crippen LogP contribution in [0.2, 0.25) is 0 Å². The predicted molar refractivity (Wildman–Crippen MR) is 98.9 cm³/mol. The maximum absolute atomic E-state index is 12.2. The van der Waals surface area contributed by atoms with Crippen molar-refractivity contribution in [2.45, 2.75) is 12.7 Å². The number of thioether (sulfide) groups is 1. The van der Waals surface area contributed by atoms with Gasteiger partial charge in [0.25, 0.3) is 5.91 Å². The molecule has 1 amide bonds.